The second-order valence-electron chi connectivity index (χ2n) is 13.7. The summed E-state index contributed by atoms with van der Waals surface area (Å²) in [5.74, 6) is -0.546. The number of ether oxygens (including phenoxy) is 2. The molecule has 0 heterocycles. The molecule has 1 amide bonds. The highest BCUT2D eigenvalue weighted by atomic mass is 16.6. The van der Waals surface area contributed by atoms with E-state index in [0.717, 1.165) is 38.5 Å². The van der Waals surface area contributed by atoms with Gasteiger partial charge in [-0.15, -0.1) is 0 Å². The number of amides is 1. The smallest absolute Gasteiger partial charge is 0.306 e. The number of hydrogen-bond donors (Lipinski definition) is 1. The number of unbranched alkanes of at least 4 members (excludes halogenated alkanes) is 28. The van der Waals surface area contributed by atoms with Gasteiger partial charge < -0.3 is 14.8 Å². The first-order valence-corrected chi connectivity index (χ1v) is 20.2. The van der Waals surface area contributed by atoms with E-state index in [1.807, 2.05) is 0 Å². The summed E-state index contributed by atoms with van der Waals surface area (Å²) in [6.45, 7) is 4.68. The molecule has 0 rings (SSSR count). The minimum absolute atomic E-state index is 0.0109. The maximum Gasteiger partial charge on any atom is 0.306 e. The third kappa shape index (κ3) is 35.3. The van der Waals surface area contributed by atoms with E-state index in [9.17, 15) is 14.4 Å². The monoisotopic (exact) mass is 652 g/mol. The largest absolute Gasteiger partial charge is 0.462 e. The molecule has 1 atom stereocenters. The zero-order valence-corrected chi connectivity index (χ0v) is 30.7. The topological polar surface area (TPSA) is 81.7 Å². The highest BCUT2D eigenvalue weighted by Crippen LogP contribution is 2.15. The van der Waals surface area contributed by atoms with Crippen LogP contribution in [0.1, 0.15) is 219 Å². The molecule has 0 spiro atoms. The van der Waals surface area contributed by atoms with Crippen molar-refractivity contribution < 1.29 is 23.9 Å². The summed E-state index contributed by atoms with van der Waals surface area (Å²) in [5, 5.41) is 2.55. The predicted molar refractivity (Wildman–Crippen MR) is 194 cm³/mol. The Morgan fingerprint density at radius 2 is 0.783 bits per heavy atom. The van der Waals surface area contributed by atoms with E-state index in [-0.39, 0.29) is 25.1 Å². The van der Waals surface area contributed by atoms with E-state index < -0.39 is 6.10 Å². The molecule has 0 aromatic heterocycles. The molecule has 0 aliphatic heterocycles. The lowest BCUT2D eigenvalue weighted by Crippen LogP contribution is -2.34. The van der Waals surface area contributed by atoms with Gasteiger partial charge in [0.1, 0.15) is 6.61 Å². The van der Waals surface area contributed by atoms with E-state index in [1.54, 1.807) is 0 Å². The van der Waals surface area contributed by atoms with Crippen molar-refractivity contribution in [3.8, 4) is 0 Å². The summed E-state index contributed by atoms with van der Waals surface area (Å²) >= 11 is 0. The fourth-order valence-electron chi connectivity index (χ4n) is 6.10. The summed E-state index contributed by atoms with van der Waals surface area (Å²) in [4.78, 5) is 35.3. The maximum absolute atomic E-state index is 12.3. The van der Waals surface area contributed by atoms with Crippen molar-refractivity contribution in [3.05, 3.63) is 0 Å². The average Bonchev–Trinajstić information content (AvgIpc) is 3.05. The Balaban J connectivity index is 3.69. The summed E-state index contributed by atoms with van der Waals surface area (Å²) in [6.07, 6.45) is 39.3. The molecule has 0 radical (unpaired) electrons. The molecule has 0 saturated carbocycles. The Hall–Kier alpha value is -1.59. The number of esters is 2. The van der Waals surface area contributed by atoms with Crippen molar-refractivity contribution in [2.24, 2.45) is 0 Å². The molecule has 0 aromatic rings. The van der Waals surface area contributed by atoms with E-state index >= 15 is 0 Å². The van der Waals surface area contributed by atoms with Crippen LogP contribution in [-0.4, -0.2) is 37.6 Å². The number of hydrogen-bond acceptors (Lipinski definition) is 5. The van der Waals surface area contributed by atoms with E-state index in [2.05, 4.69) is 19.2 Å². The third-order valence-electron chi connectivity index (χ3n) is 9.13. The zero-order chi connectivity index (χ0) is 33.6. The van der Waals surface area contributed by atoms with Gasteiger partial charge in [-0.2, -0.15) is 0 Å². The van der Waals surface area contributed by atoms with Crippen molar-refractivity contribution in [1.29, 1.82) is 0 Å². The molecule has 0 bridgehead atoms. The molecule has 0 aromatic carbocycles. The molecule has 6 nitrogen and oxygen atoms in total. The van der Waals surface area contributed by atoms with Crippen LogP contribution in [0.15, 0.2) is 0 Å². The van der Waals surface area contributed by atoms with Crippen LogP contribution in [0.5, 0.6) is 0 Å². The van der Waals surface area contributed by atoms with Gasteiger partial charge in [0.25, 0.3) is 0 Å². The molecule has 0 fully saturated rings. The van der Waals surface area contributed by atoms with Crippen molar-refractivity contribution in [2.75, 3.05) is 13.2 Å². The predicted octanol–water partition coefficient (Wildman–Crippen LogP) is 11.7. The third-order valence-corrected chi connectivity index (χ3v) is 9.13. The molecule has 272 valence electrons. The molecule has 1 N–H and O–H groups in total. The van der Waals surface area contributed by atoms with Gasteiger partial charge in [-0.1, -0.05) is 194 Å². The van der Waals surface area contributed by atoms with E-state index in [0.29, 0.717) is 19.3 Å². The Morgan fingerprint density at radius 1 is 0.478 bits per heavy atom. The summed E-state index contributed by atoms with van der Waals surface area (Å²) in [7, 11) is 0. The summed E-state index contributed by atoms with van der Waals surface area (Å²) < 4.78 is 10.9. The molecule has 46 heavy (non-hydrogen) atoms. The van der Waals surface area contributed by atoms with Crippen LogP contribution in [-0.2, 0) is 23.9 Å². The molecular weight excluding hydrogens is 574 g/mol. The van der Waals surface area contributed by atoms with Crippen LogP contribution in [0, 0.1) is 0 Å². The normalized spacial score (nSPS) is 11.8. The van der Waals surface area contributed by atoms with Gasteiger partial charge in [0, 0.05) is 12.8 Å². The average molecular weight is 652 g/mol. The van der Waals surface area contributed by atoms with Gasteiger partial charge in [-0.05, 0) is 12.8 Å². The van der Waals surface area contributed by atoms with Gasteiger partial charge >= 0.3 is 11.9 Å². The highest BCUT2D eigenvalue weighted by Gasteiger charge is 2.17. The Bertz CT molecular complexity index is 656. The van der Waals surface area contributed by atoms with Crippen molar-refractivity contribution in [1.82, 2.24) is 5.32 Å². The number of nitrogens with one attached hydrogen (secondary N) is 1. The minimum atomic E-state index is -0.640. The molecule has 0 aliphatic carbocycles. The summed E-state index contributed by atoms with van der Waals surface area (Å²) in [6, 6.07) is 0. The van der Waals surface area contributed by atoms with Crippen LogP contribution < -0.4 is 5.32 Å². The first-order valence-electron chi connectivity index (χ1n) is 20.2. The van der Waals surface area contributed by atoms with Crippen LogP contribution in [0.4, 0.5) is 0 Å². The van der Waals surface area contributed by atoms with Crippen LogP contribution in [0.2, 0.25) is 0 Å². The molecular formula is C40H77NO5. The van der Waals surface area contributed by atoms with Crippen LogP contribution >= 0.6 is 0 Å². The lowest BCUT2D eigenvalue weighted by molar-refractivity contribution is -0.159. The fraction of sp³-hybridized carbons (Fsp3) is 0.925. The van der Waals surface area contributed by atoms with Gasteiger partial charge in [0.2, 0.25) is 6.41 Å². The molecule has 1 unspecified atom stereocenters. The number of rotatable bonds is 38. The maximum atomic E-state index is 12.3. The van der Waals surface area contributed by atoms with Crippen molar-refractivity contribution in [2.45, 2.75) is 225 Å². The van der Waals surface area contributed by atoms with Crippen LogP contribution in [0.3, 0.4) is 0 Å². The fourth-order valence-corrected chi connectivity index (χ4v) is 6.10. The van der Waals surface area contributed by atoms with Crippen molar-refractivity contribution in [3.63, 3.8) is 0 Å². The second kappa shape index (κ2) is 37.9. The quantitative estimate of drug-likeness (QED) is 0.0408. The molecule has 0 saturated heterocycles. The number of carbonyl (C=O) groups excluding carboxylic acids is 3. The second-order valence-corrected chi connectivity index (χ2v) is 13.7. The number of carbonyl (C=O) groups is 3. The zero-order valence-electron chi connectivity index (χ0n) is 30.7. The first-order chi connectivity index (χ1) is 22.6. The first kappa shape index (κ1) is 44.4. The van der Waals surface area contributed by atoms with Gasteiger partial charge in [-0.25, -0.2) is 0 Å². The highest BCUT2D eigenvalue weighted by molar-refractivity contribution is 5.70. The Labute approximate surface area is 285 Å². The standard InChI is InChI=1S/C40H77NO5/c1-3-5-7-9-11-13-15-17-19-21-23-25-27-29-31-33-39(43)45-36-38(35-41-37-42)46-40(44)34-32-30-28-26-24-22-20-18-16-14-12-10-8-6-4-2/h37-38H,3-36H2,1-2H3,(H,41,42). The molecule has 6 heteroatoms. The van der Waals surface area contributed by atoms with E-state index in [1.165, 1.54) is 154 Å². The van der Waals surface area contributed by atoms with E-state index in [4.69, 9.17) is 9.47 Å². The Kier molecular flexibility index (Phi) is 36.6. The van der Waals surface area contributed by atoms with Gasteiger partial charge in [-0.3, -0.25) is 14.4 Å². The molecule has 0 aliphatic rings. The SMILES string of the molecule is CCCCCCCCCCCCCCCCCC(=O)OCC(CNC=O)OC(=O)CCCCCCCCCCCCCCCCC. The lowest BCUT2D eigenvalue weighted by atomic mass is 10.0. The summed E-state index contributed by atoms with van der Waals surface area (Å²) in [5.41, 5.74) is 0. The van der Waals surface area contributed by atoms with Gasteiger partial charge in [0.15, 0.2) is 6.10 Å². The van der Waals surface area contributed by atoms with Gasteiger partial charge in [0.05, 0.1) is 6.54 Å². The lowest BCUT2D eigenvalue weighted by Gasteiger charge is -2.17. The minimum Gasteiger partial charge on any atom is -0.462 e. The van der Waals surface area contributed by atoms with Crippen molar-refractivity contribution >= 4 is 18.3 Å². The van der Waals surface area contributed by atoms with Crippen LogP contribution in [0.25, 0.3) is 0 Å². The Morgan fingerprint density at radius 3 is 1.11 bits per heavy atom.